The number of carbonyl (C=O) groups excluding carboxylic acids is 2. The van der Waals surface area contributed by atoms with Gasteiger partial charge in [0.15, 0.2) is 0 Å². The first-order valence-electron chi connectivity index (χ1n) is 8.85. The Bertz CT molecular complexity index is 817. The van der Waals surface area contributed by atoms with Crippen molar-refractivity contribution < 1.29 is 9.59 Å². The lowest BCUT2D eigenvalue weighted by Gasteiger charge is -2.10. The maximum atomic E-state index is 12.4. The number of rotatable bonds is 6. The summed E-state index contributed by atoms with van der Waals surface area (Å²) in [5, 5.41) is 6.58. The van der Waals surface area contributed by atoms with Gasteiger partial charge in [-0.3, -0.25) is 9.59 Å². The Kier molecular flexibility index (Phi) is 5.62. The molecule has 2 aromatic carbocycles. The van der Waals surface area contributed by atoms with Gasteiger partial charge in [0, 0.05) is 17.3 Å². The van der Waals surface area contributed by atoms with Crippen LogP contribution in [-0.4, -0.2) is 18.4 Å². The summed E-state index contributed by atoms with van der Waals surface area (Å²) in [5.74, 6) is -0.563. The summed E-state index contributed by atoms with van der Waals surface area (Å²) < 4.78 is 0. The van der Waals surface area contributed by atoms with Crippen molar-refractivity contribution in [2.75, 3.05) is 11.9 Å². The second-order valence-corrected chi connectivity index (χ2v) is 7.29. The zero-order valence-electron chi connectivity index (χ0n) is 15.0. The molecule has 26 heavy (non-hydrogen) atoms. The highest BCUT2D eigenvalue weighted by atomic mass is 35.5. The normalized spacial score (nSPS) is 18.3. The third kappa shape index (κ3) is 4.44. The smallest absolute Gasteiger partial charge is 0.228 e. The van der Waals surface area contributed by atoms with Crippen molar-refractivity contribution in [2.24, 2.45) is 11.8 Å². The minimum atomic E-state index is -0.231. The molecule has 0 bridgehead atoms. The molecule has 2 unspecified atom stereocenters. The van der Waals surface area contributed by atoms with Gasteiger partial charge < -0.3 is 10.6 Å². The first-order valence-corrected chi connectivity index (χ1v) is 9.22. The first kappa shape index (κ1) is 18.5. The number of hydrogen-bond donors (Lipinski definition) is 2. The molecule has 2 amide bonds. The Balaban J connectivity index is 1.45. The van der Waals surface area contributed by atoms with E-state index in [-0.39, 0.29) is 23.7 Å². The molecule has 2 atom stereocenters. The molecule has 0 aliphatic heterocycles. The molecule has 136 valence electrons. The van der Waals surface area contributed by atoms with Gasteiger partial charge in [-0.25, -0.2) is 0 Å². The molecule has 2 N–H and O–H groups in total. The molecule has 0 spiro atoms. The number of nitrogens with one attached hydrogen (secondary N) is 2. The van der Waals surface area contributed by atoms with Crippen LogP contribution < -0.4 is 10.6 Å². The molecule has 1 saturated carbocycles. The standard InChI is InChI=1S/C21H23ClN2O2/c1-13-4-3-5-19(14(13)2)24-21(26)18-12-17(18)20(25)23-11-10-15-6-8-16(22)9-7-15/h3-9,17-18H,10-12H2,1-2H3,(H,23,25)(H,24,26). The van der Waals surface area contributed by atoms with Crippen LogP contribution in [0.15, 0.2) is 42.5 Å². The summed E-state index contributed by atoms with van der Waals surface area (Å²) in [7, 11) is 0. The van der Waals surface area contributed by atoms with E-state index in [1.54, 1.807) is 0 Å². The Hall–Kier alpha value is -2.33. The monoisotopic (exact) mass is 370 g/mol. The molecule has 4 nitrogen and oxygen atoms in total. The van der Waals surface area contributed by atoms with Crippen molar-refractivity contribution >= 4 is 29.1 Å². The molecule has 0 heterocycles. The van der Waals surface area contributed by atoms with E-state index in [4.69, 9.17) is 11.6 Å². The predicted molar refractivity (Wildman–Crippen MR) is 104 cm³/mol. The minimum Gasteiger partial charge on any atom is -0.356 e. The summed E-state index contributed by atoms with van der Waals surface area (Å²) in [6.07, 6.45) is 1.36. The Labute approximate surface area is 158 Å². The minimum absolute atomic E-state index is 0.0416. The van der Waals surface area contributed by atoms with Gasteiger partial charge in [-0.2, -0.15) is 0 Å². The predicted octanol–water partition coefficient (Wildman–Crippen LogP) is 3.89. The van der Waals surface area contributed by atoms with Gasteiger partial charge in [0.05, 0.1) is 11.8 Å². The molecule has 1 fully saturated rings. The quantitative estimate of drug-likeness (QED) is 0.810. The highest BCUT2D eigenvalue weighted by Crippen LogP contribution is 2.39. The lowest BCUT2D eigenvalue weighted by molar-refractivity contribution is -0.125. The topological polar surface area (TPSA) is 58.2 Å². The van der Waals surface area contributed by atoms with Gasteiger partial charge >= 0.3 is 0 Å². The van der Waals surface area contributed by atoms with E-state index in [0.29, 0.717) is 18.0 Å². The largest absolute Gasteiger partial charge is 0.356 e. The molecule has 3 rings (SSSR count). The molecule has 0 aromatic heterocycles. The maximum absolute atomic E-state index is 12.4. The molecule has 1 aliphatic carbocycles. The van der Waals surface area contributed by atoms with Gasteiger partial charge in [0.1, 0.15) is 0 Å². The second-order valence-electron chi connectivity index (χ2n) is 6.85. The summed E-state index contributed by atoms with van der Waals surface area (Å²) in [6.45, 7) is 4.56. The van der Waals surface area contributed by atoms with Gasteiger partial charge in [0.2, 0.25) is 11.8 Å². The zero-order valence-corrected chi connectivity index (χ0v) is 15.8. The van der Waals surface area contributed by atoms with Crippen LogP contribution in [0, 0.1) is 25.7 Å². The third-order valence-corrected chi connectivity index (χ3v) is 5.20. The number of anilines is 1. The number of aryl methyl sites for hydroxylation is 1. The number of carbonyl (C=O) groups is 2. The average Bonchev–Trinajstić information content (AvgIpc) is 3.41. The van der Waals surface area contributed by atoms with Crippen LogP contribution in [-0.2, 0) is 16.0 Å². The van der Waals surface area contributed by atoms with Crippen molar-refractivity contribution in [3.05, 3.63) is 64.2 Å². The van der Waals surface area contributed by atoms with Crippen LogP contribution in [0.3, 0.4) is 0 Å². The van der Waals surface area contributed by atoms with E-state index in [1.807, 2.05) is 56.3 Å². The van der Waals surface area contributed by atoms with Gasteiger partial charge in [-0.15, -0.1) is 0 Å². The molecule has 5 heteroatoms. The lowest BCUT2D eigenvalue weighted by Crippen LogP contribution is -2.29. The number of amides is 2. The van der Waals surface area contributed by atoms with E-state index < -0.39 is 0 Å². The van der Waals surface area contributed by atoms with Crippen molar-refractivity contribution in [1.82, 2.24) is 5.32 Å². The first-order chi connectivity index (χ1) is 12.5. The van der Waals surface area contributed by atoms with Crippen molar-refractivity contribution in [1.29, 1.82) is 0 Å². The number of halogens is 1. The SMILES string of the molecule is Cc1cccc(NC(=O)C2CC2C(=O)NCCc2ccc(Cl)cc2)c1C. The fourth-order valence-corrected chi connectivity index (χ4v) is 3.12. The summed E-state index contributed by atoms with van der Waals surface area (Å²) >= 11 is 5.86. The van der Waals surface area contributed by atoms with Gasteiger partial charge in [-0.1, -0.05) is 35.9 Å². The average molecular weight is 371 g/mol. The van der Waals surface area contributed by atoms with Crippen LogP contribution in [0.25, 0.3) is 0 Å². The fraction of sp³-hybridized carbons (Fsp3) is 0.333. The second kappa shape index (κ2) is 7.92. The molecule has 2 aromatic rings. The van der Waals surface area contributed by atoms with Crippen molar-refractivity contribution in [3.8, 4) is 0 Å². The van der Waals surface area contributed by atoms with E-state index in [9.17, 15) is 9.59 Å². The molecule has 1 aliphatic rings. The molecular formula is C21H23ClN2O2. The van der Waals surface area contributed by atoms with Crippen molar-refractivity contribution in [2.45, 2.75) is 26.7 Å². The highest BCUT2D eigenvalue weighted by molar-refractivity contribution is 6.30. The molecular weight excluding hydrogens is 348 g/mol. The third-order valence-electron chi connectivity index (χ3n) is 4.95. The van der Waals surface area contributed by atoms with Gasteiger partial charge in [0.25, 0.3) is 0 Å². The molecule has 0 radical (unpaired) electrons. The van der Waals surface area contributed by atoms with Gasteiger partial charge in [-0.05, 0) is 61.6 Å². The van der Waals surface area contributed by atoms with E-state index in [1.165, 1.54) is 0 Å². The Morgan fingerprint density at radius 2 is 1.73 bits per heavy atom. The van der Waals surface area contributed by atoms with E-state index in [2.05, 4.69) is 10.6 Å². The molecule has 0 saturated heterocycles. The summed E-state index contributed by atoms with van der Waals surface area (Å²) in [6, 6.07) is 13.4. The van der Waals surface area contributed by atoms with Crippen LogP contribution in [0.4, 0.5) is 5.69 Å². The van der Waals surface area contributed by atoms with Crippen LogP contribution in [0.5, 0.6) is 0 Å². The van der Waals surface area contributed by atoms with E-state index >= 15 is 0 Å². The highest BCUT2D eigenvalue weighted by Gasteiger charge is 2.47. The summed E-state index contributed by atoms with van der Waals surface area (Å²) in [4.78, 5) is 24.6. The Morgan fingerprint density at radius 1 is 1.04 bits per heavy atom. The Morgan fingerprint density at radius 3 is 2.46 bits per heavy atom. The van der Waals surface area contributed by atoms with Crippen LogP contribution in [0.2, 0.25) is 5.02 Å². The van der Waals surface area contributed by atoms with Crippen molar-refractivity contribution in [3.63, 3.8) is 0 Å². The zero-order chi connectivity index (χ0) is 18.7. The van der Waals surface area contributed by atoms with Crippen LogP contribution in [0.1, 0.15) is 23.1 Å². The fourth-order valence-electron chi connectivity index (χ4n) is 3.00. The number of benzene rings is 2. The number of hydrogen-bond acceptors (Lipinski definition) is 2. The van der Waals surface area contributed by atoms with E-state index in [0.717, 1.165) is 28.8 Å². The summed E-state index contributed by atoms with van der Waals surface area (Å²) in [5.41, 5.74) is 4.14. The lowest BCUT2D eigenvalue weighted by atomic mass is 10.1. The van der Waals surface area contributed by atoms with Crippen LogP contribution >= 0.6 is 11.6 Å². The maximum Gasteiger partial charge on any atom is 0.228 e.